The molecule has 0 saturated carbocycles. The summed E-state index contributed by atoms with van der Waals surface area (Å²) in [6.07, 6.45) is 1.80. The average molecular weight is 453 g/mol. The Morgan fingerprint density at radius 1 is 0.969 bits per heavy atom. The molecular formula is C20H31N5O7. The zero-order valence-corrected chi connectivity index (χ0v) is 17.6. The summed E-state index contributed by atoms with van der Waals surface area (Å²) in [6.45, 7) is -0.898. The van der Waals surface area contributed by atoms with Crippen LogP contribution < -0.4 is 27.4 Å². The van der Waals surface area contributed by atoms with Crippen LogP contribution in [0.1, 0.15) is 24.8 Å². The number of unbranched alkanes of at least 4 members (excludes halogenated alkanes) is 1. The predicted octanol–water partition coefficient (Wildman–Crippen LogP) is -2.45. The molecule has 12 nitrogen and oxygen atoms in total. The molecule has 0 aromatic heterocycles. The second-order valence-corrected chi connectivity index (χ2v) is 7.18. The number of phenols is 1. The van der Waals surface area contributed by atoms with Crippen LogP contribution in [-0.4, -0.2) is 76.8 Å². The fourth-order valence-corrected chi connectivity index (χ4v) is 2.72. The highest BCUT2D eigenvalue weighted by molar-refractivity contribution is 5.92. The number of aliphatic carboxylic acids is 1. The van der Waals surface area contributed by atoms with Crippen molar-refractivity contribution in [3.8, 4) is 5.75 Å². The largest absolute Gasteiger partial charge is 0.508 e. The summed E-state index contributed by atoms with van der Waals surface area (Å²) in [5.41, 5.74) is 11.9. The van der Waals surface area contributed by atoms with Crippen LogP contribution in [-0.2, 0) is 25.6 Å². The number of carbonyl (C=O) groups excluding carboxylic acids is 3. The zero-order chi connectivity index (χ0) is 24.1. The maximum absolute atomic E-state index is 12.6. The van der Waals surface area contributed by atoms with Crippen LogP contribution in [0.25, 0.3) is 0 Å². The van der Waals surface area contributed by atoms with Crippen LogP contribution in [0, 0.1) is 0 Å². The van der Waals surface area contributed by atoms with Crippen molar-refractivity contribution in [1.29, 1.82) is 0 Å². The van der Waals surface area contributed by atoms with E-state index in [0.717, 1.165) is 0 Å². The molecule has 3 unspecified atom stereocenters. The zero-order valence-electron chi connectivity index (χ0n) is 17.6. The Morgan fingerprint density at radius 2 is 1.62 bits per heavy atom. The fraction of sp³-hybridized carbons (Fsp3) is 0.500. The van der Waals surface area contributed by atoms with E-state index in [1.165, 1.54) is 12.1 Å². The van der Waals surface area contributed by atoms with E-state index in [-0.39, 0.29) is 12.2 Å². The van der Waals surface area contributed by atoms with Gasteiger partial charge in [-0.1, -0.05) is 18.6 Å². The van der Waals surface area contributed by atoms with Crippen LogP contribution in [0.5, 0.6) is 5.75 Å². The molecule has 178 valence electrons. The van der Waals surface area contributed by atoms with Crippen LogP contribution >= 0.6 is 0 Å². The van der Waals surface area contributed by atoms with Gasteiger partial charge in [0.15, 0.2) is 0 Å². The minimum Gasteiger partial charge on any atom is -0.508 e. The quantitative estimate of drug-likeness (QED) is 0.140. The second-order valence-electron chi connectivity index (χ2n) is 7.18. The summed E-state index contributed by atoms with van der Waals surface area (Å²) in [7, 11) is 0. The van der Waals surface area contributed by atoms with Gasteiger partial charge in [-0.05, 0) is 37.1 Å². The lowest BCUT2D eigenvalue weighted by atomic mass is 10.0. The Morgan fingerprint density at radius 3 is 2.19 bits per heavy atom. The van der Waals surface area contributed by atoms with Crippen molar-refractivity contribution in [3.05, 3.63) is 29.8 Å². The lowest BCUT2D eigenvalue weighted by Gasteiger charge is -2.21. The number of phenolic OH excluding ortho intramolecular Hbond substituents is 1. The van der Waals surface area contributed by atoms with Crippen molar-refractivity contribution in [2.45, 2.75) is 43.8 Å². The van der Waals surface area contributed by atoms with Crippen molar-refractivity contribution in [3.63, 3.8) is 0 Å². The topological polar surface area (TPSA) is 217 Å². The van der Waals surface area contributed by atoms with Gasteiger partial charge in [-0.2, -0.15) is 0 Å². The van der Waals surface area contributed by atoms with Gasteiger partial charge >= 0.3 is 5.97 Å². The van der Waals surface area contributed by atoms with Gasteiger partial charge in [0.1, 0.15) is 17.8 Å². The van der Waals surface area contributed by atoms with E-state index in [9.17, 15) is 24.3 Å². The highest BCUT2D eigenvalue weighted by atomic mass is 16.4. The molecule has 0 heterocycles. The monoisotopic (exact) mass is 453 g/mol. The molecule has 0 bridgehead atoms. The number of nitrogens with one attached hydrogen (secondary N) is 3. The molecule has 1 rings (SSSR count). The van der Waals surface area contributed by atoms with Crippen molar-refractivity contribution < 1.29 is 34.5 Å². The van der Waals surface area contributed by atoms with Crippen LogP contribution in [0.3, 0.4) is 0 Å². The first-order chi connectivity index (χ1) is 15.2. The molecule has 0 fully saturated rings. The molecule has 1 aromatic rings. The summed E-state index contributed by atoms with van der Waals surface area (Å²) < 4.78 is 0. The van der Waals surface area contributed by atoms with Crippen molar-refractivity contribution in [2.24, 2.45) is 11.5 Å². The Balaban J connectivity index is 2.78. The lowest BCUT2D eigenvalue weighted by Crippen LogP contribution is -2.54. The molecular weight excluding hydrogens is 422 g/mol. The highest BCUT2D eigenvalue weighted by Crippen LogP contribution is 2.12. The number of rotatable bonds is 14. The Hall–Kier alpha value is -3.22. The van der Waals surface area contributed by atoms with Gasteiger partial charge < -0.3 is 42.7 Å². The minimum atomic E-state index is -1.50. The summed E-state index contributed by atoms with van der Waals surface area (Å²) >= 11 is 0. The highest BCUT2D eigenvalue weighted by Gasteiger charge is 2.25. The lowest BCUT2D eigenvalue weighted by molar-refractivity contribution is -0.142. The number of carboxylic acid groups (broad SMARTS) is 1. The van der Waals surface area contributed by atoms with Gasteiger partial charge in [-0.25, -0.2) is 4.79 Å². The number of carbonyl (C=O) groups is 4. The molecule has 0 aliphatic heterocycles. The standard InChI is InChI=1S/C20H31N5O7/c21-8-2-1-3-14(22)18(29)25-15(9-12-4-6-13(27)7-5-12)19(30)23-10-17(28)24-16(11-26)20(31)32/h4-7,14-16,26-27H,1-3,8-11,21-22H2,(H,23,30)(H,24,28)(H,25,29)(H,31,32). The third kappa shape index (κ3) is 9.73. The SMILES string of the molecule is NCCCCC(N)C(=O)NC(Cc1ccc(O)cc1)C(=O)NCC(=O)NC(CO)C(=O)O. The van der Waals surface area contributed by atoms with Gasteiger partial charge in [0.25, 0.3) is 0 Å². The Bertz CT molecular complexity index is 772. The molecule has 10 N–H and O–H groups in total. The molecule has 0 saturated heterocycles. The van der Waals surface area contributed by atoms with Crippen LogP contribution in [0.4, 0.5) is 0 Å². The maximum Gasteiger partial charge on any atom is 0.328 e. The fourth-order valence-electron chi connectivity index (χ4n) is 2.72. The molecule has 0 aliphatic carbocycles. The molecule has 0 radical (unpaired) electrons. The number of aliphatic hydroxyl groups is 1. The van der Waals surface area contributed by atoms with Crippen LogP contribution in [0.15, 0.2) is 24.3 Å². The number of hydrogen-bond acceptors (Lipinski definition) is 8. The Kier molecular flexibility index (Phi) is 11.7. The number of nitrogens with two attached hydrogens (primary N) is 2. The average Bonchev–Trinajstić information content (AvgIpc) is 2.76. The molecule has 1 aromatic carbocycles. The maximum atomic E-state index is 12.6. The molecule has 12 heteroatoms. The van der Waals surface area contributed by atoms with E-state index in [0.29, 0.717) is 31.4 Å². The first-order valence-electron chi connectivity index (χ1n) is 10.1. The van der Waals surface area contributed by atoms with Crippen LogP contribution in [0.2, 0.25) is 0 Å². The predicted molar refractivity (Wildman–Crippen MR) is 114 cm³/mol. The van der Waals surface area contributed by atoms with Gasteiger partial charge in [-0.15, -0.1) is 0 Å². The van der Waals surface area contributed by atoms with E-state index in [4.69, 9.17) is 21.7 Å². The Labute approximate surface area is 185 Å². The molecule has 0 spiro atoms. The summed E-state index contributed by atoms with van der Waals surface area (Å²) in [6, 6.07) is 2.59. The third-order valence-corrected chi connectivity index (χ3v) is 4.55. The van der Waals surface area contributed by atoms with Crippen molar-refractivity contribution in [2.75, 3.05) is 19.7 Å². The number of benzene rings is 1. The second kappa shape index (κ2) is 14.0. The molecule has 32 heavy (non-hydrogen) atoms. The van der Waals surface area contributed by atoms with E-state index < -0.39 is 55.0 Å². The molecule has 3 atom stereocenters. The van der Waals surface area contributed by atoms with Gasteiger partial charge in [0.05, 0.1) is 19.2 Å². The normalized spacial score (nSPS) is 13.5. The summed E-state index contributed by atoms with van der Waals surface area (Å²) in [5, 5.41) is 34.2. The number of carboxylic acids is 1. The van der Waals surface area contributed by atoms with E-state index >= 15 is 0 Å². The summed E-state index contributed by atoms with van der Waals surface area (Å²) in [4.78, 5) is 47.8. The van der Waals surface area contributed by atoms with E-state index in [1.807, 2.05) is 0 Å². The number of aliphatic hydroxyl groups excluding tert-OH is 1. The molecule has 3 amide bonds. The number of hydrogen-bond donors (Lipinski definition) is 8. The molecule has 0 aliphatic rings. The number of aromatic hydroxyl groups is 1. The van der Waals surface area contributed by atoms with Gasteiger partial charge in [0.2, 0.25) is 17.7 Å². The van der Waals surface area contributed by atoms with Gasteiger partial charge in [0, 0.05) is 6.42 Å². The summed E-state index contributed by atoms with van der Waals surface area (Å²) in [5.74, 6) is -3.45. The van der Waals surface area contributed by atoms with E-state index in [2.05, 4.69) is 16.0 Å². The first-order valence-corrected chi connectivity index (χ1v) is 10.1. The third-order valence-electron chi connectivity index (χ3n) is 4.55. The minimum absolute atomic E-state index is 0.0363. The first kappa shape index (κ1) is 26.8. The number of amides is 3. The van der Waals surface area contributed by atoms with Crippen molar-refractivity contribution >= 4 is 23.7 Å². The van der Waals surface area contributed by atoms with Crippen molar-refractivity contribution in [1.82, 2.24) is 16.0 Å². The van der Waals surface area contributed by atoms with E-state index in [1.54, 1.807) is 12.1 Å². The smallest absolute Gasteiger partial charge is 0.328 e. The van der Waals surface area contributed by atoms with Gasteiger partial charge in [-0.3, -0.25) is 14.4 Å².